The molecule has 8 heteroatoms. The Balaban J connectivity index is 1.60. The Morgan fingerprint density at radius 3 is 2.95 bits per heavy atom. The van der Waals surface area contributed by atoms with E-state index in [1.807, 2.05) is 0 Å². The number of ether oxygens (including phenoxy) is 2. The first-order chi connectivity index (χ1) is 10.6. The highest BCUT2D eigenvalue weighted by molar-refractivity contribution is 7.80. The van der Waals surface area contributed by atoms with Crippen LogP contribution in [0, 0.1) is 5.82 Å². The summed E-state index contributed by atoms with van der Waals surface area (Å²) in [5.74, 6) is -0.960. The van der Waals surface area contributed by atoms with Gasteiger partial charge in [-0.05, 0) is 37.2 Å². The summed E-state index contributed by atoms with van der Waals surface area (Å²) < 4.78 is 23.8. The third-order valence-corrected chi connectivity index (χ3v) is 3.27. The molecule has 3 N–H and O–H groups in total. The van der Waals surface area contributed by atoms with Crippen LogP contribution in [0.5, 0.6) is 5.75 Å². The van der Waals surface area contributed by atoms with Crippen molar-refractivity contribution in [2.24, 2.45) is 0 Å². The van der Waals surface area contributed by atoms with Crippen LogP contribution < -0.4 is 20.9 Å². The van der Waals surface area contributed by atoms with Crippen LogP contribution >= 0.6 is 12.2 Å². The van der Waals surface area contributed by atoms with Gasteiger partial charge in [0.05, 0.1) is 6.10 Å². The molecule has 22 heavy (non-hydrogen) atoms. The predicted molar refractivity (Wildman–Crippen MR) is 82.7 cm³/mol. The molecule has 0 unspecified atom stereocenters. The summed E-state index contributed by atoms with van der Waals surface area (Å²) in [6.07, 6.45) is 2.20. The van der Waals surface area contributed by atoms with Crippen molar-refractivity contribution >= 4 is 23.2 Å². The monoisotopic (exact) mass is 327 g/mol. The number of benzene rings is 1. The Kier molecular flexibility index (Phi) is 6.35. The van der Waals surface area contributed by atoms with E-state index in [0.717, 1.165) is 19.4 Å². The summed E-state index contributed by atoms with van der Waals surface area (Å²) in [5.41, 5.74) is 4.92. The summed E-state index contributed by atoms with van der Waals surface area (Å²) in [4.78, 5) is 11.6. The van der Waals surface area contributed by atoms with E-state index in [2.05, 4.69) is 16.2 Å². The van der Waals surface area contributed by atoms with Crippen molar-refractivity contribution in [3.8, 4) is 5.75 Å². The fraction of sp³-hybridized carbons (Fsp3) is 0.429. The quantitative estimate of drug-likeness (QED) is 0.551. The molecule has 0 spiro atoms. The summed E-state index contributed by atoms with van der Waals surface area (Å²) in [6.45, 7) is 1.05. The van der Waals surface area contributed by atoms with Crippen LogP contribution in [0.2, 0.25) is 0 Å². The Labute approximate surface area is 133 Å². The number of carbonyl (C=O) groups is 1. The zero-order valence-corrected chi connectivity index (χ0v) is 12.7. The highest BCUT2D eigenvalue weighted by Crippen LogP contribution is 2.14. The van der Waals surface area contributed by atoms with Gasteiger partial charge in [0.2, 0.25) is 0 Å². The number of amides is 1. The number of nitrogens with one attached hydrogen (secondary N) is 3. The SMILES string of the molecule is O=C(COc1ccccc1F)NNC(=S)NC[C@@H]1CCCO1. The minimum atomic E-state index is -0.517. The normalized spacial score (nSPS) is 16.9. The van der Waals surface area contributed by atoms with E-state index in [-0.39, 0.29) is 23.6 Å². The van der Waals surface area contributed by atoms with Crippen LogP contribution in [0.4, 0.5) is 4.39 Å². The maximum absolute atomic E-state index is 13.3. The van der Waals surface area contributed by atoms with E-state index in [1.165, 1.54) is 12.1 Å². The third kappa shape index (κ3) is 5.45. The molecule has 1 aromatic rings. The van der Waals surface area contributed by atoms with Gasteiger partial charge in [-0.3, -0.25) is 15.6 Å². The first kappa shape index (κ1) is 16.4. The van der Waals surface area contributed by atoms with Crippen LogP contribution in [0.15, 0.2) is 24.3 Å². The number of hydrogen-bond donors (Lipinski definition) is 3. The molecule has 1 amide bonds. The molecular weight excluding hydrogens is 309 g/mol. The van der Waals surface area contributed by atoms with Crippen LogP contribution in [-0.2, 0) is 9.53 Å². The molecule has 0 aliphatic carbocycles. The van der Waals surface area contributed by atoms with Gasteiger partial charge >= 0.3 is 0 Å². The summed E-state index contributed by atoms with van der Waals surface area (Å²) in [5, 5.41) is 3.23. The van der Waals surface area contributed by atoms with E-state index in [0.29, 0.717) is 6.54 Å². The summed E-state index contributed by atoms with van der Waals surface area (Å²) in [6, 6.07) is 5.88. The maximum atomic E-state index is 13.3. The lowest BCUT2D eigenvalue weighted by Gasteiger charge is -2.14. The Bertz CT molecular complexity index is 524. The Morgan fingerprint density at radius 1 is 1.41 bits per heavy atom. The van der Waals surface area contributed by atoms with Gasteiger partial charge in [0.1, 0.15) is 0 Å². The third-order valence-electron chi connectivity index (χ3n) is 3.03. The van der Waals surface area contributed by atoms with Crippen LogP contribution in [-0.4, -0.2) is 36.9 Å². The average Bonchev–Trinajstić information content (AvgIpc) is 3.03. The number of carbonyl (C=O) groups excluding carboxylic acids is 1. The van der Waals surface area contributed by atoms with E-state index in [1.54, 1.807) is 12.1 Å². The first-order valence-corrected chi connectivity index (χ1v) is 7.37. The van der Waals surface area contributed by atoms with Crippen molar-refractivity contribution in [2.75, 3.05) is 19.8 Å². The fourth-order valence-corrected chi connectivity index (χ4v) is 2.06. The number of para-hydroxylation sites is 1. The molecule has 0 radical (unpaired) electrons. The molecule has 1 fully saturated rings. The highest BCUT2D eigenvalue weighted by Gasteiger charge is 2.15. The van der Waals surface area contributed by atoms with Crippen molar-refractivity contribution in [3.63, 3.8) is 0 Å². The van der Waals surface area contributed by atoms with Gasteiger partial charge in [0, 0.05) is 13.2 Å². The van der Waals surface area contributed by atoms with Crippen LogP contribution in [0.1, 0.15) is 12.8 Å². The number of halogens is 1. The molecule has 2 rings (SSSR count). The number of hydrazine groups is 1. The number of thiocarbonyl (C=S) groups is 1. The molecule has 1 atom stereocenters. The van der Waals surface area contributed by atoms with Crippen LogP contribution in [0.3, 0.4) is 0 Å². The molecule has 0 bridgehead atoms. The van der Waals surface area contributed by atoms with Gasteiger partial charge < -0.3 is 14.8 Å². The van der Waals surface area contributed by atoms with E-state index in [4.69, 9.17) is 21.7 Å². The lowest BCUT2D eigenvalue weighted by molar-refractivity contribution is -0.123. The maximum Gasteiger partial charge on any atom is 0.276 e. The Morgan fingerprint density at radius 2 is 2.23 bits per heavy atom. The predicted octanol–water partition coefficient (Wildman–Crippen LogP) is 0.879. The topological polar surface area (TPSA) is 71.6 Å². The van der Waals surface area contributed by atoms with Gasteiger partial charge in [-0.1, -0.05) is 12.1 Å². The van der Waals surface area contributed by atoms with Crippen molar-refractivity contribution in [1.29, 1.82) is 0 Å². The molecule has 120 valence electrons. The molecule has 1 aliphatic rings. The second-order valence-corrected chi connectivity index (χ2v) is 5.15. The van der Waals surface area contributed by atoms with Crippen molar-refractivity contribution in [1.82, 2.24) is 16.2 Å². The minimum absolute atomic E-state index is 0.0248. The fourth-order valence-electron chi connectivity index (χ4n) is 1.92. The zero-order chi connectivity index (χ0) is 15.8. The van der Waals surface area contributed by atoms with Gasteiger partial charge in [-0.15, -0.1) is 0 Å². The van der Waals surface area contributed by atoms with Gasteiger partial charge in [-0.2, -0.15) is 0 Å². The van der Waals surface area contributed by atoms with Gasteiger partial charge in [0.25, 0.3) is 5.91 Å². The highest BCUT2D eigenvalue weighted by atomic mass is 32.1. The summed E-state index contributed by atoms with van der Waals surface area (Å²) >= 11 is 5.01. The van der Waals surface area contributed by atoms with E-state index >= 15 is 0 Å². The number of hydrogen-bond acceptors (Lipinski definition) is 4. The lowest BCUT2D eigenvalue weighted by atomic mass is 10.2. The van der Waals surface area contributed by atoms with Crippen LogP contribution in [0.25, 0.3) is 0 Å². The smallest absolute Gasteiger partial charge is 0.276 e. The van der Waals surface area contributed by atoms with Crippen molar-refractivity contribution < 1.29 is 18.7 Å². The minimum Gasteiger partial charge on any atom is -0.481 e. The number of rotatable bonds is 5. The molecule has 1 aromatic carbocycles. The molecule has 0 aromatic heterocycles. The molecule has 1 heterocycles. The molecule has 1 aliphatic heterocycles. The second kappa shape index (κ2) is 8.50. The first-order valence-electron chi connectivity index (χ1n) is 6.97. The Hall–Kier alpha value is -1.93. The van der Waals surface area contributed by atoms with E-state index < -0.39 is 11.7 Å². The lowest BCUT2D eigenvalue weighted by Crippen LogP contribution is -2.49. The van der Waals surface area contributed by atoms with Gasteiger partial charge in [-0.25, -0.2) is 4.39 Å². The van der Waals surface area contributed by atoms with Crippen molar-refractivity contribution in [3.05, 3.63) is 30.1 Å². The molecule has 6 nitrogen and oxygen atoms in total. The second-order valence-electron chi connectivity index (χ2n) is 4.74. The summed E-state index contributed by atoms with van der Waals surface area (Å²) in [7, 11) is 0. The average molecular weight is 327 g/mol. The molecule has 1 saturated heterocycles. The largest absolute Gasteiger partial charge is 0.481 e. The standard InChI is InChI=1S/C14H18FN3O3S/c15-11-5-1-2-6-12(11)21-9-13(19)17-18-14(22)16-8-10-4-3-7-20-10/h1-2,5-6,10H,3-4,7-9H2,(H,17,19)(H2,16,18,22)/t10-/m0/s1. The molecular formula is C14H18FN3O3S. The van der Waals surface area contributed by atoms with Crippen molar-refractivity contribution in [2.45, 2.75) is 18.9 Å². The molecule has 0 saturated carbocycles. The zero-order valence-electron chi connectivity index (χ0n) is 11.9. The van der Waals surface area contributed by atoms with Gasteiger partial charge in [0.15, 0.2) is 23.3 Å². The van der Waals surface area contributed by atoms with E-state index in [9.17, 15) is 9.18 Å².